The first-order chi connectivity index (χ1) is 7.71. The Balaban J connectivity index is 2.72. The highest BCUT2D eigenvalue weighted by molar-refractivity contribution is 5.92. The Hall–Kier alpha value is -1.62. The van der Waals surface area contributed by atoms with E-state index in [0.29, 0.717) is 12.2 Å². The van der Waals surface area contributed by atoms with Crippen LogP contribution in [0.2, 0.25) is 0 Å². The van der Waals surface area contributed by atoms with E-state index in [1.54, 1.807) is 12.1 Å². The molecule has 0 aromatic carbocycles. The Bertz CT molecular complexity index is 351. The Kier molecular flexibility index (Phi) is 4.72. The summed E-state index contributed by atoms with van der Waals surface area (Å²) in [6.07, 6.45) is 2.18. The summed E-state index contributed by atoms with van der Waals surface area (Å²) in [7, 11) is 1.53. The topological polar surface area (TPSA) is 71.5 Å². The fourth-order valence-electron chi connectivity index (χ4n) is 1.20. The van der Waals surface area contributed by atoms with E-state index in [0.717, 1.165) is 0 Å². The Labute approximate surface area is 94.5 Å². The lowest BCUT2D eigenvalue weighted by Crippen LogP contribution is -2.37. The first kappa shape index (κ1) is 12.4. The summed E-state index contributed by atoms with van der Waals surface area (Å²) in [5.41, 5.74) is 0.284. The maximum absolute atomic E-state index is 11.7. The Morgan fingerprint density at radius 1 is 1.69 bits per heavy atom. The predicted octanol–water partition coefficient (Wildman–Crippen LogP) is 0.591. The van der Waals surface area contributed by atoms with Crippen molar-refractivity contribution in [1.82, 2.24) is 10.3 Å². The number of rotatable bonds is 5. The second-order valence-corrected chi connectivity index (χ2v) is 3.34. The van der Waals surface area contributed by atoms with Gasteiger partial charge in [-0.15, -0.1) is 0 Å². The summed E-state index contributed by atoms with van der Waals surface area (Å²) >= 11 is 0. The zero-order valence-corrected chi connectivity index (χ0v) is 9.43. The van der Waals surface area contributed by atoms with Gasteiger partial charge in [-0.05, 0) is 12.5 Å². The quantitative estimate of drug-likeness (QED) is 0.768. The third-order valence-corrected chi connectivity index (χ3v) is 2.25. The number of carbonyl (C=O) groups excluding carboxylic acids is 1. The van der Waals surface area contributed by atoms with E-state index in [4.69, 9.17) is 9.84 Å². The van der Waals surface area contributed by atoms with Crippen LogP contribution in [0, 0.1) is 0 Å². The van der Waals surface area contributed by atoms with Crippen molar-refractivity contribution in [2.24, 2.45) is 0 Å². The smallest absolute Gasteiger partial charge is 0.270 e. The molecule has 1 rings (SSSR count). The van der Waals surface area contributed by atoms with Crippen molar-refractivity contribution in [2.45, 2.75) is 19.4 Å². The maximum Gasteiger partial charge on any atom is 0.270 e. The molecule has 0 bridgehead atoms. The van der Waals surface area contributed by atoms with Gasteiger partial charge in [0.25, 0.3) is 5.91 Å². The largest absolute Gasteiger partial charge is 0.497 e. The average Bonchev–Trinajstić information content (AvgIpc) is 2.35. The summed E-state index contributed by atoms with van der Waals surface area (Å²) < 4.78 is 4.99. The molecule has 2 N–H and O–H groups in total. The first-order valence-electron chi connectivity index (χ1n) is 5.13. The number of hydrogen-bond acceptors (Lipinski definition) is 4. The van der Waals surface area contributed by atoms with Crippen molar-refractivity contribution in [3.8, 4) is 5.75 Å². The number of nitrogens with zero attached hydrogens (tertiary/aromatic N) is 1. The molecule has 0 fully saturated rings. The van der Waals surface area contributed by atoms with E-state index in [2.05, 4.69) is 10.3 Å². The van der Waals surface area contributed by atoms with Crippen molar-refractivity contribution >= 4 is 5.91 Å². The van der Waals surface area contributed by atoms with Gasteiger partial charge in [0.15, 0.2) is 0 Å². The standard InChI is InChI=1S/C11H16N2O3/c1-3-8(7-14)13-11(15)10-6-9(16-2)4-5-12-10/h4-6,8,14H,3,7H2,1-2H3,(H,13,15). The third-order valence-electron chi connectivity index (χ3n) is 2.25. The fourth-order valence-corrected chi connectivity index (χ4v) is 1.20. The van der Waals surface area contributed by atoms with Gasteiger partial charge in [0.2, 0.25) is 0 Å². The minimum Gasteiger partial charge on any atom is -0.497 e. The molecular weight excluding hydrogens is 208 g/mol. The van der Waals surface area contributed by atoms with Crippen LogP contribution in [-0.2, 0) is 0 Å². The predicted molar refractivity (Wildman–Crippen MR) is 59.4 cm³/mol. The molecule has 1 unspecified atom stereocenters. The first-order valence-corrected chi connectivity index (χ1v) is 5.13. The number of aliphatic hydroxyl groups is 1. The van der Waals surface area contributed by atoms with Gasteiger partial charge in [0.05, 0.1) is 19.8 Å². The van der Waals surface area contributed by atoms with E-state index in [1.807, 2.05) is 6.92 Å². The van der Waals surface area contributed by atoms with E-state index < -0.39 is 0 Å². The fraction of sp³-hybridized carbons (Fsp3) is 0.455. The van der Waals surface area contributed by atoms with Crippen LogP contribution in [0.25, 0.3) is 0 Å². The van der Waals surface area contributed by atoms with Crippen molar-refractivity contribution in [2.75, 3.05) is 13.7 Å². The van der Waals surface area contributed by atoms with E-state index in [9.17, 15) is 4.79 Å². The molecule has 0 radical (unpaired) electrons. The normalized spacial score (nSPS) is 11.9. The number of pyridine rings is 1. The lowest BCUT2D eigenvalue weighted by molar-refractivity contribution is 0.0909. The van der Waals surface area contributed by atoms with Gasteiger partial charge >= 0.3 is 0 Å². The van der Waals surface area contributed by atoms with Gasteiger partial charge in [-0.1, -0.05) is 6.92 Å². The van der Waals surface area contributed by atoms with Crippen LogP contribution in [0.4, 0.5) is 0 Å². The van der Waals surface area contributed by atoms with Gasteiger partial charge in [-0.25, -0.2) is 0 Å². The highest BCUT2D eigenvalue weighted by atomic mass is 16.5. The van der Waals surface area contributed by atoms with Crippen LogP contribution >= 0.6 is 0 Å². The summed E-state index contributed by atoms with van der Waals surface area (Å²) in [6, 6.07) is 2.99. The number of aromatic nitrogens is 1. The van der Waals surface area contributed by atoms with Crippen molar-refractivity contribution < 1.29 is 14.6 Å². The molecule has 5 nitrogen and oxygen atoms in total. The summed E-state index contributed by atoms with van der Waals surface area (Å²) in [5.74, 6) is 0.275. The van der Waals surface area contributed by atoms with Crippen molar-refractivity contribution in [3.63, 3.8) is 0 Å². The number of aliphatic hydroxyl groups excluding tert-OH is 1. The molecule has 0 aliphatic heterocycles. The van der Waals surface area contributed by atoms with E-state index in [1.165, 1.54) is 13.3 Å². The SMILES string of the molecule is CCC(CO)NC(=O)c1cc(OC)ccn1. The Morgan fingerprint density at radius 3 is 3.00 bits per heavy atom. The van der Waals surface area contributed by atoms with Crippen molar-refractivity contribution in [3.05, 3.63) is 24.0 Å². The molecule has 1 heterocycles. The number of hydrogen-bond donors (Lipinski definition) is 2. The van der Waals surface area contributed by atoms with Gasteiger partial charge in [-0.2, -0.15) is 0 Å². The average molecular weight is 224 g/mol. The van der Waals surface area contributed by atoms with Crippen LogP contribution in [0.5, 0.6) is 5.75 Å². The molecule has 0 aliphatic carbocycles. The van der Waals surface area contributed by atoms with Gasteiger partial charge in [-0.3, -0.25) is 9.78 Å². The molecule has 1 aromatic heterocycles. The van der Waals surface area contributed by atoms with Crippen LogP contribution in [0.1, 0.15) is 23.8 Å². The molecule has 16 heavy (non-hydrogen) atoms. The van der Waals surface area contributed by atoms with Crippen LogP contribution in [0.15, 0.2) is 18.3 Å². The van der Waals surface area contributed by atoms with E-state index in [-0.39, 0.29) is 24.2 Å². The van der Waals surface area contributed by atoms with Crippen LogP contribution in [-0.4, -0.2) is 35.8 Å². The number of methoxy groups -OCH3 is 1. The van der Waals surface area contributed by atoms with Crippen molar-refractivity contribution in [1.29, 1.82) is 0 Å². The van der Waals surface area contributed by atoms with Gasteiger partial charge in [0, 0.05) is 12.3 Å². The molecule has 88 valence electrons. The molecule has 0 spiro atoms. The zero-order chi connectivity index (χ0) is 12.0. The number of amides is 1. The number of nitrogens with one attached hydrogen (secondary N) is 1. The molecule has 0 aliphatic rings. The minimum atomic E-state index is -0.306. The number of ether oxygens (including phenoxy) is 1. The summed E-state index contributed by atoms with van der Waals surface area (Å²) in [5, 5.41) is 11.6. The molecule has 1 atom stereocenters. The lowest BCUT2D eigenvalue weighted by atomic mass is 10.2. The maximum atomic E-state index is 11.7. The molecule has 0 saturated heterocycles. The van der Waals surface area contributed by atoms with Gasteiger partial charge in [0.1, 0.15) is 11.4 Å². The Morgan fingerprint density at radius 2 is 2.44 bits per heavy atom. The molecule has 5 heteroatoms. The molecule has 1 aromatic rings. The second kappa shape index (κ2) is 6.07. The van der Waals surface area contributed by atoms with E-state index >= 15 is 0 Å². The zero-order valence-electron chi connectivity index (χ0n) is 9.43. The summed E-state index contributed by atoms with van der Waals surface area (Å²) in [4.78, 5) is 15.6. The summed E-state index contributed by atoms with van der Waals surface area (Å²) in [6.45, 7) is 1.81. The van der Waals surface area contributed by atoms with Crippen LogP contribution < -0.4 is 10.1 Å². The van der Waals surface area contributed by atoms with Gasteiger partial charge < -0.3 is 15.2 Å². The molecular formula is C11H16N2O3. The second-order valence-electron chi connectivity index (χ2n) is 3.34. The molecule has 0 saturated carbocycles. The highest BCUT2D eigenvalue weighted by Crippen LogP contribution is 2.09. The molecule has 1 amide bonds. The van der Waals surface area contributed by atoms with Crippen LogP contribution in [0.3, 0.4) is 0 Å². The highest BCUT2D eigenvalue weighted by Gasteiger charge is 2.12. The monoisotopic (exact) mass is 224 g/mol. The lowest BCUT2D eigenvalue weighted by Gasteiger charge is -2.13. The third kappa shape index (κ3) is 3.20. The minimum absolute atomic E-state index is 0.0772. The number of carbonyl (C=O) groups is 1.